The zero-order valence-electron chi connectivity index (χ0n) is 17.7. The van der Waals surface area contributed by atoms with Gasteiger partial charge in [0.05, 0.1) is 11.4 Å². The minimum atomic E-state index is -0.00825. The van der Waals surface area contributed by atoms with Gasteiger partial charge in [0.2, 0.25) is 0 Å². The van der Waals surface area contributed by atoms with Crippen LogP contribution in [0.15, 0.2) is 33.5 Å². The topological polar surface area (TPSA) is 43.1 Å². The van der Waals surface area contributed by atoms with Crippen LogP contribution in [0.2, 0.25) is 0 Å². The summed E-state index contributed by atoms with van der Waals surface area (Å²) < 4.78 is 4.59. The van der Waals surface area contributed by atoms with Crippen molar-refractivity contribution >= 4 is 32.8 Å². The van der Waals surface area contributed by atoms with Crippen LogP contribution in [0.1, 0.15) is 50.8 Å². The maximum atomic E-state index is 13.4. The van der Waals surface area contributed by atoms with E-state index in [1.165, 1.54) is 25.7 Å². The second-order valence-electron chi connectivity index (χ2n) is 8.10. The van der Waals surface area contributed by atoms with Gasteiger partial charge < -0.3 is 4.90 Å². The minimum absolute atomic E-state index is 0.00825. The van der Waals surface area contributed by atoms with Gasteiger partial charge in [0.15, 0.2) is 5.65 Å². The lowest BCUT2D eigenvalue weighted by Gasteiger charge is -2.37. The molecule has 1 aromatic carbocycles. The molecular weight excluding hydrogens is 428 g/mol. The molecule has 0 radical (unpaired) electrons. The molecule has 1 aliphatic rings. The van der Waals surface area contributed by atoms with E-state index in [9.17, 15) is 4.79 Å². The second-order valence-corrected chi connectivity index (χ2v) is 8.96. The fourth-order valence-electron chi connectivity index (χ4n) is 4.62. The number of benzene rings is 1. The van der Waals surface area contributed by atoms with Crippen molar-refractivity contribution in [2.45, 2.75) is 66.0 Å². The van der Waals surface area contributed by atoms with E-state index in [0.29, 0.717) is 12.6 Å². The molecule has 2 aromatic heterocycles. The number of hydrogen-bond acceptors (Lipinski definition) is 3. The van der Waals surface area contributed by atoms with Crippen LogP contribution in [0, 0.1) is 13.8 Å². The van der Waals surface area contributed by atoms with Gasteiger partial charge in [0.25, 0.3) is 0 Å². The monoisotopic (exact) mass is 456 g/mol. The van der Waals surface area contributed by atoms with Crippen molar-refractivity contribution in [2.75, 3.05) is 11.4 Å². The minimum Gasteiger partial charge on any atom is -0.365 e. The Labute approximate surface area is 180 Å². The van der Waals surface area contributed by atoms with E-state index in [-0.39, 0.29) is 5.69 Å². The Morgan fingerprint density at radius 2 is 1.79 bits per heavy atom. The molecule has 0 bridgehead atoms. The molecule has 6 heteroatoms. The summed E-state index contributed by atoms with van der Waals surface area (Å²) in [7, 11) is 0. The fourth-order valence-corrected chi connectivity index (χ4v) is 5.29. The summed E-state index contributed by atoms with van der Waals surface area (Å²) in [4.78, 5) is 20.8. The average Bonchev–Trinajstić information content (AvgIpc) is 2.95. The molecule has 3 aromatic rings. The first-order valence-corrected chi connectivity index (χ1v) is 11.4. The molecule has 0 fully saturated rings. The molecule has 29 heavy (non-hydrogen) atoms. The fraction of sp³-hybridized carbons (Fsp3) is 0.478. The summed E-state index contributed by atoms with van der Waals surface area (Å²) >= 11 is 3.66. The predicted octanol–water partition coefficient (Wildman–Crippen LogP) is 5.36. The van der Waals surface area contributed by atoms with E-state index < -0.39 is 0 Å². The Morgan fingerprint density at radius 1 is 1.07 bits per heavy atom. The third-order valence-electron chi connectivity index (χ3n) is 5.89. The van der Waals surface area contributed by atoms with Crippen LogP contribution in [0.5, 0.6) is 0 Å². The quantitative estimate of drug-likeness (QED) is 0.501. The molecule has 0 atom stereocenters. The number of imidazole rings is 1. The Bertz CT molecular complexity index is 1110. The predicted molar refractivity (Wildman–Crippen MR) is 123 cm³/mol. The summed E-state index contributed by atoms with van der Waals surface area (Å²) in [5.74, 6) is 0. The summed E-state index contributed by atoms with van der Waals surface area (Å²) in [6, 6.07) is 8.75. The molecule has 4 rings (SSSR count). The zero-order valence-corrected chi connectivity index (χ0v) is 19.3. The number of nitrogens with zero attached hydrogens (tertiary/aromatic N) is 4. The van der Waals surface area contributed by atoms with Crippen LogP contribution >= 0.6 is 15.9 Å². The SMILES string of the molecule is CCCC(CCC)N1CCn2c(=O)n(-c3ccc(C)cc3Br)c3nc(C)cc1c32. The summed E-state index contributed by atoms with van der Waals surface area (Å²) in [6.07, 6.45) is 4.67. The van der Waals surface area contributed by atoms with Gasteiger partial charge in [-0.1, -0.05) is 32.8 Å². The van der Waals surface area contributed by atoms with Crippen LogP contribution in [0.3, 0.4) is 0 Å². The second kappa shape index (κ2) is 7.98. The highest BCUT2D eigenvalue weighted by molar-refractivity contribution is 9.10. The number of aromatic nitrogens is 3. The van der Waals surface area contributed by atoms with Crippen LogP contribution in [0.4, 0.5) is 5.69 Å². The molecule has 0 saturated heterocycles. The number of halogens is 1. The molecule has 3 heterocycles. The Hall–Kier alpha value is -2.08. The smallest absolute Gasteiger partial charge is 0.335 e. The number of hydrogen-bond donors (Lipinski definition) is 0. The van der Waals surface area contributed by atoms with Gasteiger partial charge >= 0.3 is 5.69 Å². The number of pyridine rings is 1. The van der Waals surface area contributed by atoms with Crippen molar-refractivity contribution in [3.05, 3.63) is 50.5 Å². The normalized spacial score (nSPS) is 13.7. The molecular formula is C23H29BrN4O. The number of anilines is 1. The highest BCUT2D eigenvalue weighted by Crippen LogP contribution is 2.35. The van der Waals surface area contributed by atoms with Crippen LogP contribution in [0.25, 0.3) is 16.9 Å². The van der Waals surface area contributed by atoms with Crippen molar-refractivity contribution in [3.8, 4) is 5.69 Å². The van der Waals surface area contributed by atoms with E-state index in [0.717, 1.165) is 44.8 Å². The first-order chi connectivity index (χ1) is 14.0. The molecule has 0 N–H and O–H groups in total. The number of aryl methyl sites for hydroxylation is 2. The van der Waals surface area contributed by atoms with Gasteiger partial charge in [0.1, 0.15) is 5.52 Å². The van der Waals surface area contributed by atoms with Gasteiger partial charge in [-0.05, 0) is 66.4 Å². The lowest BCUT2D eigenvalue weighted by atomic mass is 10.0. The van der Waals surface area contributed by atoms with Gasteiger partial charge in [-0.25, -0.2) is 14.3 Å². The first kappa shape index (κ1) is 20.2. The number of rotatable bonds is 6. The molecule has 0 saturated carbocycles. The maximum Gasteiger partial charge on any atom is 0.335 e. The van der Waals surface area contributed by atoms with Gasteiger partial charge in [-0.2, -0.15) is 0 Å². The molecule has 154 valence electrons. The molecule has 0 unspecified atom stereocenters. The molecule has 0 aliphatic carbocycles. The summed E-state index contributed by atoms with van der Waals surface area (Å²) in [5, 5.41) is 0. The molecule has 5 nitrogen and oxygen atoms in total. The van der Waals surface area contributed by atoms with E-state index in [2.05, 4.69) is 47.7 Å². The molecule has 0 amide bonds. The van der Waals surface area contributed by atoms with E-state index >= 15 is 0 Å². The lowest BCUT2D eigenvalue weighted by Crippen LogP contribution is -2.42. The Balaban J connectivity index is 1.97. The highest BCUT2D eigenvalue weighted by atomic mass is 79.9. The maximum absolute atomic E-state index is 13.4. The van der Waals surface area contributed by atoms with Crippen molar-refractivity contribution < 1.29 is 0 Å². The summed E-state index contributed by atoms with van der Waals surface area (Å²) in [6.45, 7) is 10.1. The van der Waals surface area contributed by atoms with E-state index in [1.54, 1.807) is 4.57 Å². The van der Waals surface area contributed by atoms with Crippen LogP contribution in [-0.2, 0) is 6.54 Å². The Morgan fingerprint density at radius 3 is 2.45 bits per heavy atom. The largest absolute Gasteiger partial charge is 0.365 e. The van der Waals surface area contributed by atoms with Gasteiger partial charge in [-0.15, -0.1) is 0 Å². The van der Waals surface area contributed by atoms with Crippen molar-refractivity contribution in [1.82, 2.24) is 14.1 Å². The standard InChI is InChI=1S/C23H29BrN4O/c1-5-7-17(8-6-2)26-11-12-27-21-20(26)14-16(4)25-22(21)28(23(27)29)19-10-9-15(3)13-18(19)24/h9-10,13-14,17H,5-8,11-12H2,1-4H3. The van der Waals surface area contributed by atoms with Gasteiger partial charge in [0, 0.05) is 29.3 Å². The van der Waals surface area contributed by atoms with Crippen molar-refractivity contribution in [1.29, 1.82) is 0 Å². The lowest BCUT2D eigenvalue weighted by molar-refractivity contribution is 0.480. The van der Waals surface area contributed by atoms with Gasteiger partial charge in [-0.3, -0.25) is 4.57 Å². The highest BCUT2D eigenvalue weighted by Gasteiger charge is 2.29. The third kappa shape index (κ3) is 3.41. The summed E-state index contributed by atoms with van der Waals surface area (Å²) in [5.41, 5.74) is 5.82. The Kier molecular flexibility index (Phi) is 5.56. The first-order valence-electron chi connectivity index (χ1n) is 10.6. The molecule has 1 aliphatic heterocycles. The van der Waals surface area contributed by atoms with Crippen molar-refractivity contribution in [2.24, 2.45) is 0 Å². The van der Waals surface area contributed by atoms with Crippen molar-refractivity contribution in [3.63, 3.8) is 0 Å². The zero-order chi connectivity index (χ0) is 20.7. The van der Waals surface area contributed by atoms with E-state index in [1.807, 2.05) is 29.7 Å². The van der Waals surface area contributed by atoms with Crippen LogP contribution in [-0.4, -0.2) is 26.7 Å². The average molecular weight is 457 g/mol. The molecule has 0 spiro atoms. The van der Waals surface area contributed by atoms with Crippen LogP contribution < -0.4 is 10.6 Å². The van der Waals surface area contributed by atoms with E-state index in [4.69, 9.17) is 4.98 Å². The third-order valence-corrected chi connectivity index (χ3v) is 6.52.